The zero-order valence-electron chi connectivity index (χ0n) is 13.3. The van der Waals surface area contributed by atoms with Gasteiger partial charge in [0, 0.05) is 13.1 Å². The normalized spacial score (nSPS) is 19.6. The Morgan fingerprint density at radius 1 is 1.33 bits per heavy atom. The van der Waals surface area contributed by atoms with Crippen molar-refractivity contribution in [1.29, 1.82) is 0 Å². The number of hydrogen-bond acceptors (Lipinski definition) is 7. The van der Waals surface area contributed by atoms with Gasteiger partial charge in [-0.3, -0.25) is 14.5 Å². The Labute approximate surface area is 149 Å². The number of para-hydroxylation sites is 2. The average Bonchev–Trinajstić information content (AvgIpc) is 3.09. The van der Waals surface area contributed by atoms with Crippen LogP contribution in [0.3, 0.4) is 0 Å². The van der Waals surface area contributed by atoms with Crippen molar-refractivity contribution >= 4 is 45.9 Å². The topological polar surface area (TPSA) is 59.1 Å². The summed E-state index contributed by atoms with van der Waals surface area (Å²) in [6.45, 7) is 2.86. The van der Waals surface area contributed by atoms with E-state index >= 15 is 0 Å². The van der Waals surface area contributed by atoms with Crippen LogP contribution in [0.15, 0.2) is 35.1 Å². The smallest absolute Gasteiger partial charge is 0.307 e. The molecule has 1 saturated heterocycles. The summed E-state index contributed by atoms with van der Waals surface area (Å²) in [5.74, 6) is 0.595. The molecule has 6 nitrogen and oxygen atoms in total. The number of esters is 1. The molecule has 1 aromatic carbocycles. The maximum Gasteiger partial charge on any atom is 0.307 e. The Kier molecular flexibility index (Phi) is 4.77. The molecule has 0 radical (unpaired) electrons. The number of hydrogen-bond donors (Lipinski definition) is 0. The van der Waals surface area contributed by atoms with Crippen LogP contribution in [0.5, 0.6) is 5.75 Å². The van der Waals surface area contributed by atoms with Crippen LogP contribution in [0.2, 0.25) is 0 Å². The fourth-order valence-corrected chi connectivity index (χ4v) is 3.86. The molecule has 1 amide bonds. The van der Waals surface area contributed by atoms with Crippen LogP contribution < -0.4 is 9.64 Å². The zero-order chi connectivity index (χ0) is 17.3. The number of fused-ring (bicyclic) bond motifs is 1. The molecule has 0 unspecified atom stereocenters. The number of benzene rings is 1. The zero-order valence-corrected chi connectivity index (χ0v) is 14.9. The van der Waals surface area contributed by atoms with Crippen LogP contribution in [0.4, 0.5) is 5.69 Å². The first-order valence-electron chi connectivity index (χ1n) is 7.46. The van der Waals surface area contributed by atoms with E-state index in [1.807, 2.05) is 36.1 Å². The van der Waals surface area contributed by atoms with Crippen molar-refractivity contribution in [1.82, 2.24) is 4.90 Å². The molecular weight excluding hydrogens is 348 g/mol. The second-order valence-electron chi connectivity index (χ2n) is 5.10. The van der Waals surface area contributed by atoms with Gasteiger partial charge in [-0.2, -0.15) is 0 Å². The van der Waals surface area contributed by atoms with Crippen molar-refractivity contribution in [3.05, 3.63) is 35.1 Å². The standard InChI is InChI=1S/C16H16N2O4S2/c1-3-17-10-6-4-5-7-11(10)22-15(17)13-14(20)18(16(23)24-13)9-8-12(19)21-2/h4-7H,3,8-9H2,1-2H3/b15-13+. The molecule has 8 heteroatoms. The molecule has 0 aromatic heterocycles. The van der Waals surface area contributed by atoms with Gasteiger partial charge in [0.15, 0.2) is 5.75 Å². The van der Waals surface area contributed by atoms with Gasteiger partial charge >= 0.3 is 5.97 Å². The number of carbonyl (C=O) groups is 2. The summed E-state index contributed by atoms with van der Waals surface area (Å²) < 4.78 is 10.9. The van der Waals surface area contributed by atoms with Crippen LogP contribution in [-0.2, 0) is 14.3 Å². The fourth-order valence-electron chi connectivity index (χ4n) is 2.54. The SMILES string of the molecule is CCN1/C(=C2\SC(=S)N(CCC(=O)OC)C2=O)Oc2ccccc21. The van der Waals surface area contributed by atoms with Gasteiger partial charge in [0.1, 0.15) is 9.23 Å². The van der Waals surface area contributed by atoms with Crippen molar-refractivity contribution in [2.75, 3.05) is 25.1 Å². The third-order valence-corrected chi connectivity index (χ3v) is 5.15. The minimum absolute atomic E-state index is 0.101. The molecule has 0 bridgehead atoms. The third kappa shape index (κ3) is 2.87. The second-order valence-corrected chi connectivity index (χ2v) is 6.74. The quantitative estimate of drug-likeness (QED) is 0.462. The van der Waals surface area contributed by atoms with Gasteiger partial charge in [0.05, 0.1) is 19.2 Å². The lowest BCUT2D eigenvalue weighted by Crippen LogP contribution is -2.31. The molecule has 2 heterocycles. The summed E-state index contributed by atoms with van der Waals surface area (Å²) in [5.41, 5.74) is 0.926. The van der Waals surface area contributed by atoms with Gasteiger partial charge in [0.2, 0.25) is 5.88 Å². The summed E-state index contributed by atoms with van der Waals surface area (Å²) in [6, 6.07) is 7.62. The number of rotatable bonds is 4. The highest BCUT2D eigenvalue weighted by Crippen LogP contribution is 2.43. The van der Waals surface area contributed by atoms with Crippen molar-refractivity contribution in [2.45, 2.75) is 13.3 Å². The van der Waals surface area contributed by atoms with E-state index in [0.717, 1.165) is 5.69 Å². The Bertz CT molecular complexity index is 747. The van der Waals surface area contributed by atoms with Crippen molar-refractivity contribution in [3.63, 3.8) is 0 Å². The molecule has 0 aliphatic carbocycles. The number of ether oxygens (including phenoxy) is 2. The lowest BCUT2D eigenvalue weighted by Gasteiger charge is -2.17. The Balaban J connectivity index is 1.87. The van der Waals surface area contributed by atoms with Crippen LogP contribution >= 0.6 is 24.0 Å². The van der Waals surface area contributed by atoms with E-state index in [1.165, 1.54) is 23.8 Å². The predicted molar refractivity (Wildman–Crippen MR) is 95.7 cm³/mol. The largest absolute Gasteiger partial charge is 0.469 e. The Hall–Kier alpha value is -2.06. The molecule has 0 saturated carbocycles. The summed E-state index contributed by atoms with van der Waals surface area (Å²) in [7, 11) is 1.32. The van der Waals surface area contributed by atoms with E-state index in [4.69, 9.17) is 17.0 Å². The van der Waals surface area contributed by atoms with Crippen LogP contribution in [0.1, 0.15) is 13.3 Å². The summed E-state index contributed by atoms with van der Waals surface area (Å²) in [6.07, 6.45) is 0.101. The average molecular weight is 364 g/mol. The molecule has 1 aromatic rings. The lowest BCUT2D eigenvalue weighted by atomic mass is 10.3. The highest BCUT2D eigenvalue weighted by molar-refractivity contribution is 8.26. The van der Waals surface area contributed by atoms with Crippen molar-refractivity contribution < 1.29 is 19.1 Å². The maximum atomic E-state index is 12.7. The summed E-state index contributed by atoms with van der Waals surface area (Å²) in [4.78, 5) is 27.8. The van der Waals surface area contributed by atoms with E-state index in [1.54, 1.807) is 0 Å². The Morgan fingerprint density at radius 2 is 2.08 bits per heavy atom. The van der Waals surface area contributed by atoms with Crippen molar-refractivity contribution in [3.8, 4) is 5.75 Å². The number of anilines is 1. The molecule has 126 valence electrons. The van der Waals surface area contributed by atoms with Crippen molar-refractivity contribution in [2.24, 2.45) is 0 Å². The first-order valence-corrected chi connectivity index (χ1v) is 8.68. The first-order chi connectivity index (χ1) is 11.6. The molecule has 1 fully saturated rings. The summed E-state index contributed by atoms with van der Waals surface area (Å²) >= 11 is 6.48. The van der Waals surface area contributed by atoms with E-state index in [-0.39, 0.29) is 24.8 Å². The van der Waals surface area contributed by atoms with Gasteiger partial charge < -0.3 is 14.4 Å². The molecule has 2 aliphatic heterocycles. The number of nitrogens with zero attached hydrogens (tertiary/aromatic N) is 2. The summed E-state index contributed by atoms with van der Waals surface area (Å²) in [5, 5.41) is 0. The molecule has 0 spiro atoms. The number of thiocarbonyl (C=S) groups is 1. The molecule has 2 aliphatic rings. The van der Waals surface area contributed by atoms with Crippen LogP contribution in [-0.4, -0.2) is 41.3 Å². The number of carbonyl (C=O) groups excluding carboxylic acids is 2. The van der Waals surface area contributed by atoms with Gasteiger partial charge in [-0.25, -0.2) is 0 Å². The number of amides is 1. The number of methoxy groups -OCH3 is 1. The van der Waals surface area contributed by atoms with E-state index in [2.05, 4.69) is 4.74 Å². The second kappa shape index (κ2) is 6.82. The van der Waals surface area contributed by atoms with E-state index < -0.39 is 0 Å². The van der Waals surface area contributed by atoms with E-state index in [9.17, 15) is 9.59 Å². The number of thioether (sulfide) groups is 1. The molecule has 0 atom stereocenters. The van der Waals surface area contributed by atoms with Gasteiger partial charge in [0.25, 0.3) is 5.91 Å². The van der Waals surface area contributed by atoms with Crippen LogP contribution in [0.25, 0.3) is 0 Å². The third-order valence-electron chi connectivity index (χ3n) is 3.73. The minimum Gasteiger partial charge on any atom is -0.469 e. The monoisotopic (exact) mass is 364 g/mol. The minimum atomic E-state index is -0.378. The van der Waals surface area contributed by atoms with E-state index in [0.29, 0.717) is 27.4 Å². The molecule has 0 N–H and O–H groups in total. The highest BCUT2D eigenvalue weighted by Gasteiger charge is 2.39. The fraction of sp³-hybridized carbons (Fsp3) is 0.312. The lowest BCUT2D eigenvalue weighted by molar-refractivity contribution is -0.140. The van der Waals surface area contributed by atoms with Gasteiger partial charge in [-0.05, 0) is 30.8 Å². The van der Waals surface area contributed by atoms with Gasteiger partial charge in [-0.15, -0.1) is 0 Å². The highest BCUT2D eigenvalue weighted by atomic mass is 32.2. The van der Waals surface area contributed by atoms with Crippen LogP contribution in [0, 0.1) is 0 Å². The first kappa shape index (κ1) is 16.8. The van der Waals surface area contributed by atoms with Gasteiger partial charge in [-0.1, -0.05) is 24.4 Å². The molecule has 3 rings (SSSR count). The molecule has 24 heavy (non-hydrogen) atoms. The molecular formula is C16H16N2O4S2. The maximum absolute atomic E-state index is 12.7. The Morgan fingerprint density at radius 3 is 2.79 bits per heavy atom. The predicted octanol–water partition coefficient (Wildman–Crippen LogP) is 2.50.